The van der Waals surface area contributed by atoms with E-state index in [1.807, 2.05) is 6.92 Å². The van der Waals surface area contributed by atoms with E-state index in [4.69, 9.17) is 0 Å². The van der Waals surface area contributed by atoms with Gasteiger partial charge in [-0.15, -0.1) is 0 Å². The van der Waals surface area contributed by atoms with E-state index in [2.05, 4.69) is 39.6 Å². The number of rotatable bonds is 6. The molecule has 0 saturated carbocycles. The van der Waals surface area contributed by atoms with Crippen LogP contribution in [0.15, 0.2) is 0 Å². The largest absolute Gasteiger partial charge is 0.303 e. The highest BCUT2D eigenvalue weighted by atomic mass is 16.1. The molecule has 0 radical (unpaired) electrons. The van der Waals surface area contributed by atoms with Crippen molar-refractivity contribution in [1.29, 1.82) is 0 Å². The second-order valence-electron chi connectivity index (χ2n) is 5.15. The smallest absolute Gasteiger partial charge is 0.127 e. The van der Waals surface area contributed by atoms with E-state index in [1.54, 1.807) is 0 Å². The average Bonchev–Trinajstić information content (AvgIpc) is 2.17. The Morgan fingerprint density at radius 1 is 1.14 bits per heavy atom. The fourth-order valence-corrected chi connectivity index (χ4v) is 1.26. The normalized spacial score (nSPS) is 16.8. The summed E-state index contributed by atoms with van der Waals surface area (Å²) in [6.07, 6.45) is 3.10. The van der Waals surface area contributed by atoms with Crippen LogP contribution in [0.25, 0.3) is 0 Å². The molecular weight excluding hydrogens is 174 g/mol. The monoisotopic (exact) mass is 199 g/mol. The van der Waals surface area contributed by atoms with Gasteiger partial charge in [0.05, 0.1) is 0 Å². The number of aldehydes is 1. The molecule has 14 heavy (non-hydrogen) atoms. The third kappa shape index (κ3) is 3.41. The zero-order valence-corrected chi connectivity index (χ0v) is 10.6. The highest BCUT2D eigenvalue weighted by Crippen LogP contribution is 2.24. The maximum Gasteiger partial charge on any atom is 0.127 e. The molecule has 0 amide bonds. The van der Waals surface area contributed by atoms with Crippen LogP contribution in [-0.2, 0) is 4.79 Å². The first-order chi connectivity index (χ1) is 6.31. The summed E-state index contributed by atoms with van der Waals surface area (Å²) in [6, 6.07) is 0. The van der Waals surface area contributed by atoms with Gasteiger partial charge in [-0.1, -0.05) is 20.8 Å². The fourth-order valence-electron chi connectivity index (χ4n) is 1.26. The summed E-state index contributed by atoms with van der Waals surface area (Å²) in [7, 11) is 2.10. The zero-order valence-electron chi connectivity index (χ0n) is 10.6. The van der Waals surface area contributed by atoms with Crippen molar-refractivity contribution >= 4 is 6.29 Å². The topological polar surface area (TPSA) is 20.3 Å². The van der Waals surface area contributed by atoms with Crippen LogP contribution in [0.4, 0.5) is 0 Å². The van der Waals surface area contributed by atoms with Crippen LogP contribution in [0.3, 0.4) is 0 Å². The molecule has 0 rings (SSSR count). The van der Waals surface area contributed by atoms with Crippen LogP contribution in [0.1, 0.15) is 47.5 Å². The van der Waals surface area contributed by atoms with Crippen LogP contribution < -0.4 is 0 Å². The van der Waals surface area contributed by atoms with Crippen molar-refractivity contribution in [2.24, 2.45) is 5.41 Å². The lowest BCUT2D eigenvalue weighted by molar-refractivity contribution is -0.117. The van der Waals surface area contributed by atoms with Gasteiger partial charge in [-0.2, -0.15) is 0 Å². The molecule has 0 aromatic carbocycles. The van der Waals surface area contributed by atoms with Crippen LogP contribution in [-0.4, -0.2) is 30.3 Å². The lowest BCUT2D eigenvalue weighted by atomic mass is 9.87. The maximum absolute atomic E-state index is 11.0. The van der Waals surface area contributed by atoms with Gasteiger partial charge in [0.2, 0.25) is 0 Å². The summed E-state index contributed by atoms with van der Waals surface area (Å²) in [6.45, 7) is 11.6. The molecule has 0 heterocycles. The second kappa shape index (κ2) is 4.92. The van der Waals surface area contributed by atoms with Gasteiger partial charge in [0.1, 0.15) is 6.29 Å². The summed E-state index contributed by atoms with van der Waals surface area (Å²) >= 11 is 0. The van der Waals surface area contributed by atoms with Gasteiger partial charge in [0.25, 0.3) is 0 Å². The highest BCUT2D eigenvalue weighted by molar-refractivity contribution is 5.58. The van der Waals surface area contributed by atoms with Crippen molar-refractivity contribution in [3.05, 3.63) is 0 Å². The quantitative estimate of drug-likeness (QED) is 0.613. The predicted molar refractivity (Wildman–Crippen MR) is 61.5 cm³/mol. The number of carbonyl (C=O) groups is 1. The van der Waals surface area contributed by atoms with Gasteiger partial charge in [-0.05, 0) is 33.7 Å². The Bertz CT molecular complexity index is 189. The standard InChI is InChI=1S/C12H25NO/c1-7-11(3,4)13(6)9-12(5,8-2)10-14/h10H,7-9H2,1-6H3. The molecule has 0 aliphatic heterocycles. The molecule has 84 valence electrons. The zero-order chi connectivity index (χ0) is 11.4. The van der Waals surface area contributed by atoms with Crippen LogP contribution in [0.5, 0.6) is 0 Å². The maximum atomic E-state index is 11.0. The summed E-state index contributed by atoms with van der Waals surface area (Å²) in [4.78, 5) is 13.3. The van der Waals surface area contributed by atoms with E-state index in [-0.39, 0.29) is 11.0 Å². The highest BCUT2D eigenvalue weighted by Gasteiger charge is 2.29. The molecule has 0 aliphatic carbocycles. The Balaban J connectivity index is 4.44. The lowest BCUT2D eigenvalue weighted by Crippen LogP contribution is -2.46. The third-order valence-electron chi connectivity index (χ3n) is 3.59. The van der Waals surface area contributed by atoms with Crippen molar-refractivity contribution < 1.29 is 4.79 Å². The van der Waals surface area contributed by atoms with Gasteiger partial charge in [-0.25, -0.2) is 0 Å². The molecule has 2 heteroatoms. The number of nitrogens with zero attached hydrogens (tertiary/aromatic N) is 1. The van der Waals surface area contributed by atoms with E-state index in [9.17, 15) is 4.79 Å². The molecule has 0 fully saturated rings. The molecule has 0 saturated heterocycles. The average molecular weight is 199 g/mol. The molecule has 2 nitrogen and oxygen atoms in total. The Hall–Kier alpha value is -0.370. The molecule has 0 N–H and O–H groups in total. The summed E-state index contributed by atoms with van der Waals surface area (Å²) in [5.74, 6) is 0. The minimum absolute atomic E-state index is 0.180. The molecular formula is C12H25NO. The molecule has 1 atom stereocenters. The first kappa shape index (κ1) is 13.6. The van der Waals surface area contributed by atoms with Crippen LogP contribution in [0.2, 0.25) is 0 Å². The second-order valence-corrected chi connectivity index (χ2v) is 5.15. The van der Waals surface area contributed by atoms with Crippen molar-refractivity contribution in [2.75, 3.05) is 13.6 Å². The van der Waals surface area contributed by atoms with E-state index in [1.165, 1.54) is 0 Å². The van der Waals surface area contributed by atoms with E-state index >= 15 is 0 Å². The predicted octanol–water partition coefficient (Wildman–Crippen LogP) is 2.72. The number of hydrogen-bond donors (Lipinski definition) is 0. The van der Waals surface area contributed by atoms with E-state index < -0.39 is 0 Å². The SMILES string of the molecule is CCC(C)(C=O)CN(C)C(C)(C)CC. The minimum Gasteiger partial charge on any atom is -0.303 e. The van der Waals surface area contributed by atoms with E-state index in [0.29, 0.717) is 0 Å². The van der Waals surface area contributed by atoms with Crippen molar-refractivity contribution in [1.82, 2.24) is 4.90 Å². The van der Waals surface area contributed by atoms with Gasteiger partial charge in [-0.3, -0.25) is 0 Å². The van der Waals surface area contributed by atoms with Crippen LogP contribution >= 0.6 is 0 Å². The summed E-state index contributed by atoms with van der Waals surface area (Å²) < 4.78 is 0. The molecule has 0 spiro atoms. The Labute approximate surface area is 88.7 Å². The number of carbonyl (C=O) groups excluding carboxylic acids is 1. The van der Waals surface area contributed by atoms with Crippen molar-refractivity contribution in [2.45, 2.75) is 53.0 Å². The van der Waals surface area contributed by atoms with Gasteiger partial charge < -0.3 is 9.69 Å². The number of hydrogen-bond acceptors (Lipinski definition) is 2. The van der Waals surface area contributed by atoms with Crippen LogP contribution in [0, 0.1) is 5.41 Å². The first-order valence-corrected chi connectivity index (χ1v) is 5.49. The Morgan fingerprint density at radius 2 is 1.64 bits per heavy atom. The Kier molecular flexibility index (Phi) is 4.79. The van der Waals surface area contributed by atoms with Crippen molar-refractivity contribution in [3.63, 3.8) is 0 Å². The Morgan fingerprint density at radius 3 is 1.93 bits per heavy atom. The third-order valence-corrected chi connectivity index (χ3v) is 3.59. The summed E-state index contributed by atoms with van der Waals surface area (Å²) in [5, 5.41) is 0. The molecule has 0 aliphatic rings. The lowest BCUT2D eigenvalue weighted by Gasteiger charge is -2.39. The van der Waals surface area contributed by atoms with E-state index in [0.717, 1.165) is 25.7 Å². The molecule has 0 bridgehead atoms. The first-order valence-electron chi connectivity index (χ1n) is 5.49. The van der Waals surface area contributed by atoms with Gasteiger partial charge in [0, 0.05) is 17.5 Å². The van der Waals surface area contributed by atoms with Crippen molar-refractivity contribution in [3.8, 4) is 0 Å². The molecule has 0 aromatic rings. The minimum atomic E-state index is -0.193. The summed E-state index contributed by atoms with van der Waals surface area (Å²) in [5.41, 5.74) is -0.0133. The fraction of sp³-hybridized carbons (Fsp3) is 0.917. The molecule has 0 aromatic heterocycles. The van der Waals surface area contributed by atoms with Gasteiger partial charge >= 0.3 is 0 Å². The molecule has 1 unspecified atom stereocenters. The van der Waals surface area contributed by atoms with Gasteiger partial charge in [0.15, 0.2) is 0 Å².